The van der Waals surface area contributed by atoms with Crippen molar-refractivity contribution in [3.63, 3.8) is 0 Å². The fraction of sp³-hybridized carbons (Fsp3) is 0.684. The van der Waals surface area contributed by atoms with E-state index >= 15 is 0 Å². The average Bonchev–Trinajstić information content (AvgIpc) is 2.92. The quantitative estimate of drug-likeness (QED) is 0.742. The van der Waals surface area contributed by atoms with Crippen LogP contribution in [0, 0.1) is 6.92 Å². The molecule has 25 heavy (non-hydrogen) atoms. The Hall–Kier alpha value is -1.82. The SMILES string of the molecule is CCCc1c(C(=O)NC(C)CN2CCCCC2)[nH]c(C)c1C(=O)OC. The maximum atomic E-state index is 12.8. The van der Waals surface area contributed by atoms with Gasteiger partial charge in [-0.25, -0.2) is 4.79 Å². The Bertz CT molecular complexity index is 603. The summed E-state index contributed by atoms with van der Waals surface area (Å²) in [6.45, 7) is 8.94. The first-order valence-electron chi connectivity index (χ1n) is 9.30. The first kappa shape index (κ1) is 19.5. The fourth-order valence-corrected chi connectivity index (χ4v) is 3.62. The molecular formula is C19H31N3O3. The van der Waals surface area contributed by atoms with E-state index in [0.29, 0.717) is 23.4 Å². The minimum Gasteiger partial charge on any atom is -0.465 e. The average molecular weight is 349 g/mol. The summed E-state index contributed by atoms with van der Waals surface area (Å²) >= 11 is 0. The second-order valence-corrected chi connectivity index (χ2v) is 6.96. The summed E-state index contributed by atoms with van der Waals surface area (Å²) in [5, 5.41) is 3.08. The Kier molecular flexibility index (Phi) is 7.05. The van der Waals surface area contributed by atoms with Crippen LogP contribution in [0.5, 0.6) is 0 Å². The maximum Gasteiger partial charge on any atom is 0.339 e. The van der Waals surface area contributed by atoms with Gasteiger partial charge in [0.05, 0.1) is 12.7 Å². The van der Waals surface area contributed by atoms with E-state index in [4.69, 9.17) is 4.74 Å². The van der Waals surface area contributed by atoms with Crippen LogP contribution in [0.15, 0.2) is 0 Å². The van der Waals surface area contributed by atoms with E-state index < -0.39 is 5.97 Å². The van der Waals surface area contributed by atoms with Gasteiger partial charge in [-0.3, -0.25) is 4.79 Å². The lowest BCUT2D eigenvalue weighted by Crippen LogP contribution is -2.44. The van der Waals surface area contributed by atoms with Gasteiger partial charge in [0.2, 0.25) is 0 Å². The summed E-state index contributed by atoms with van der Waals surface area (Å²) in [5.41, 5.74) is 2.43. The molecule has 1 amide bonds. The predicted molar refractivity (Wildman–Crippen MR) is 98.1 cm³/mol. The van der Waals surface area contributed by atoms with Gasteiger partial charge in [-0.1, -0.05) is 19.8 Å². The number of aromatic amines is 1. The molecule has 0 saturated carbocycles. The normalized spacial score (nSPS) is 16.5. The van der Waals surface area contributed by atoms with Gasteiger partial charge < -0.3 is 19.9 Å². The molecule has 1 aromatic rings. The zero-order valence-electron chi connectivity index (χ0n) is 15.9. The standard InChI is InChI=1S/C19H31N3O3/c1-5-9-15-16(19(24)25-4)14(3)21-17(15)18(23)20-13(2)12-22-10-7-6-8-11-22/h13,21H,5-12H2,1-4H3,(H,20,23). The van der Waals surface area contributed by atoms with Crippen LogP contribution < -0.4 is 5.32 Å². The molecule has 6 nitrogen and oxygen atoms in total. The summed E-state index contributed by atoms with van der Waals surface area (Å²) < 4.78 is 4.88. The smallest absolute Gasteiger partial charge is 0.339 e. The second-order valence-electron chi connectivity index (χ2n) is 6.96. The number of hydrogen-bond donors (Lipinski definition) is 2. The summed E-state index contributed by atoms with van der Waals surface area (Å²) in [7, 11) is 1.37. The van der Waals surface area contributed by atoms with Crippen molar-refractivity contribution in [1.29, 1.82) is 0 Å². The molecule has 1 aromatic heterocycles. The molecule has 1 fully saturated rings. The van der Waals surface area contributed by atoms with E-state index in [1.807, 2.05) is 13.8 Å². The Morgan fingerprint density at radius 3 is 2.56 bits per heavy atom. The lowest BCUT2D eigenvalue weighted by atomic mass is 10.0. The first-order valence-corrected chi connectivity index (χ1v) is 9.30. The molecule has 1 saturated heterocycles. The number of rotatable bonds is 7. The molecule has 1 atom stereocenters. The van der Waals surface area contributed by atoms with Gasteiger partial charge in [0, 0.05) is 18.3 Å². The van der Waals surface area contributed by atoms with E-state index in [2.05, 4.69) is 15.2 Å². The zero-order chi connectivity index (χ0) is 18.4. The number of aromatic nitrogens is 1. The molecule has 1 aliphatic heterocycles. The molecule has 0 bridgehead atoms. The first-order chi connectivity index (χ1) is 12.0. The third-order valence-corrected chi connectivity index (χ3v) is 4.77. The van der Waals surface area contributed by atoms with Crippen molar-refractivity contribution >= 4 is 11.9 Å². The Morgan fingerprint density at radius 1 is 1.28 bits per heavy atom. The number of H-pyrrole nitrogens is 1. The Morgan fingerprint density at radius 2 is 1.96 bits per heavy atom. The molecule has 140 valence electrons. The fourth-order valence-electron chi connectivity index (χ4n) is 3.62. The number of amides is 1. The number of methoxy groups -OCH3 is 1. The number of nitrogens with zero attached hydrogens (tertiary/aromatic N) is 1. The molecule has 0 aromatic carbocycles. The Labute approximate surface area is 150 Å². The van der Waals surface area contributed by atoms with Crippen molar-refractivity contribution in [2.45, 2.75) is 58.9 Å². The minimum atomic E-state index is -0.391. The van der Waals surface area contributed by atoms with Crippen LogP contribution in [0.1, 0.15) is 71.6 Å². The number of nitrogens with one attached hydrogen (secondary N) is 2. The van der Waals surface area contributed by atoms with Crippen molar-refractivity contribution in [3.8, 4) is 0 Å². The summed E-state index contributed by atoms with van der Waals surface area (Å²) in [6.07, 6.45) is 5.29. The molecule has 0 spiro atoms. The minimum absolute atomic E-state index is 0.0604. The Balaban J connectivity index is 2.10. The van der Waals surface area contributed by atoms with Crippen molar-refractivity contribution in [2.75, 3.05) is 26.7 Å². The van der Waals surface area contributed by atoms with Crippen LogP contribution in [0.2, 0.25) is 0 Å². The monoisotopic (exact) mass is 349 g/mol. The molecular weight excluding hydrogens is 318 g/mol. The molecule has 2 N–H and O–H groups in total. The van der Waals surface area contributed by atoms with Crippen molar-refractivity contribution < 1.29 is 14.3 Å². The number of likely N-dealkylation sites (tertiary alicyclic amines) is 1. The topological polar surface area (TPSA) is 74.4 Å². The highest BCUT2D eigenvalue weighted by atomic mass is 16.5. The lowest BCUT2D eigenvalue weighted by Gasteiger charge is -2.29. The predicted octanol–water partition coefficient (Wildman–Crippen LogP) is 2.67. The van der Waals surface area contributed by atoms with Gasteiger partial charge in [-0.15, -0.1) is 0 Å². The second kappa shape index (κ2) is 9.04. The van der Waals surface area contributed by atoms with Crippen molar-refractivity contribution in [1.82, 2.24) is 15.2 Å². The third-order valence-electron chi connectivity index (χ3n) is 4.77. The highest BCUT2D eigenvalue weighted by Gasteiger charge is 2.25. The summed E-state index contributed by atoms with van der Waals surface area (Å²) in [5.74, 6) is -0.538. The number of esters is 1. The van der Waals surface area contributed by atoms with Crippen molar-refractivity contribution in [3.05, 3.63) is 22.5 Å². The van der Waals surface area contributed by atoms with Crippen LogP contribution in [0.25, 0.3) is 0 Å². The molecule has 0 aliphatic carbocycles. The molecule has 0 radical (unpaired) electrons. The number of aryl methyl sites for hydroxylation is 1. The van der Waals surface area contributed by atoms with Gasteiger partial charge >= 0.3 is 5.97 Å². The van der Waals surface area contributed by atoms with E-state index in [1.54, 1.807) is 6.92 Å². The largest absolute Gasteiger partial charge is 0.465 e. The number of piperidine rings is 1. The molecule has 2 heterocycles. The lowest BCUT2D eigenvalue weighted by molar-refractivity contribution is 0.0599. The third kappa shape index (κ3) is 4.84. The van der Waals surface area contributed by atoms with Gasteiger partial charge in [0.1, 0.15) is 5.69 Å². The van der Waals surface area contributed by atoms with Crippen LogP contribution in [-0.4, -0.2) is 54.5 Å². The molecule has 1 aliphatic rings. The number of carbonyl (C=O) groups excluding carboxylic acids is 2. The number of ether oxygens (including phenoxy) is 1. The van der Waals surface area contributed by atoms with E-state index in [-0.39, 0.29) is 11.9 Å². The highest BCUT2D eigenvalue weighted by molar-refractivity contribution is 6.00. The zero-order valence-corrected chi connectivity index (χ0v) is 15.9. The number of carbonyl (C=O) groups is 2. The van der Waals surface area contributed by atoms with Gasteiger partial charge in [-0.2, -0.15) is 0 Å². The van der Waals surface area contributed by atoms with Crippen LogP contribution in [0.4, 0.5) is 0 Å². The summed E-state index contributed by atoms with van der Waals surface area (Å²) in [6, 6.07) is 0.0604. The van der Waals surface area contributed by atoms with Crippen LogP contribution >= 0.6 is 0 Å². The molecule has 1 unspecified atom stereocenters. The van der Waals surface area contributed by atoms with Crippen LogP contribution in [-0.2, 0) is 11.2 Å². The number of hydrogen-bond acceptors (Lipinski definition) is 4. The van der Waals surface area contributed by atoms with Crippen LogP contribution in [0.3, 0.4) is 0 Å². The highest BCUT2D eigenvalue weighted by Crippen LogP contribution is 2.22. The molecule has 6 heteroatoms. The molecule has 2 rings (SSSR count). The van der Waals surface area contributed by atoms with E-state index in [1.165, 1.54) is 26.4 Å². The maximum absolute atomic E-state index is 12.8. The summed E-state index contributed by atoms with van der Waals surface area (Å²) in [4.78, 5) is 30.3. The van der Waals surface area contributed by atoms with Gasteiger partial charge in [-0.05, 0) is 51.8 Å². The van der Waals surface area contributed by atoms with Gasteiger partial charge in [0.25, 0.3) is 5.91 Å². The van der Waals surface area contributed by atoms with E-state index in [0.717, 1.165) is 31.6 Å². The van der Waals surface area contributed by atoms with Gasteiger partial charge in [0.15, 0.2) is 0 Å². The van der Waals surface area contributed by atoms with E-state index in [9.17, 15) is 9.59 Å². The van der Waals surface area contributed by atoms with Crippen molar-refractivity contribution in [2.24, 2.45) is 0 Å².